The number of aryl methyl sites for hydroxylation is 1. The van der Waals surface area contributed by atoms with E-state index in [1.165, 1.54) is 61.8 Å². The fourth-order valence-electron chi connectivity index (χ4n) is 8.29. The summed E-state index contributed by atoms with van der Waals surface area (Å²) >= 11 is 0. The van der Waals surface area contributed by atoms with Gasteiger partial charge in [-0.15, -0.1) is 0 Å². The highest BCUT2D eigenvalue weighted by atomic mass is 16.2. The Labute approximate surface area is 187 Å². The number of carbonyl (C=O) groups is 1. The van der Waals surface area contributed by atoms with Crippen molar-refractivity contribution in [2.24, 2.45) is 23.2 Å². The smallest absolute Gasteiger partial charge is 0.226 e. The molecule has 0 radical (unpaired) electrons. The van der Waals surface area contributed by atoms with Crippen molar-refractivity contribution in [1.82, 2.24) is 10.2 Å². The molecule has 1 saturated heterocycles. The molecule has 1 atom stereocenters. The summed E-state index contributed by atoms with van der Waals surface area (Å²) in [5.74, 6) is 2.85. The number of amides is 1. The summed E-state index contributed by atoms with van der Waals surface area (Å²) in [5.41, 5.74) is 4.25. The molecule has 2 heterocycles. The van der Waals surface area contributed by atoms with Crippen LogP contribution in [0.15, 0.2) is 18.2 Å². The molecule has 168 valence electrons. The van der Waals surface area contributed by atoms with Gasteiger partial charge in [0.25, 0.3) is 0 Å². The maximum absolute atomic E-state index is 13.6. The summed E-state index contributed by atoms with van der Waals surface area (Å²) in [6.07, 6.45) is 12.6. The fraction of sp³-hybridized carbons (Fsp3) is 0.741. The number of nitrogens with zero attached hydrogens (tertiary/aromatic N) is 2. The fourth-order valence-corrected chi connectivity index (χ4v) is 8.29. The SMILES string of the molecule is CN1CCCc2cc(C(CNC(=O)C34CC5CC(CC(C5)C3)C4)N3CCCC3)ccc21. The van der Waals surface area contributed by atoms with Gasteiger partial charge < -0.3 is 10.2 Å². The van der Waals surface area contributed by atoms with Gasteiger partial charge in [-0.2, -0.15) is 0 Å². The zero-order valence-corrected chi connectivity index (χ0v) is 19.2. The standard InChI is InChI=1S/C27H39N3O/c1-29-8-4-5-22-14-23(6-7-24(22)29)25(30-9-2-3-10-30)18-28-26(31)27-15-19-11-20(16-27)13-21(12-19)17-27/h6-7,14,19-21,25H,2-5,8-13,15-18H2,1H3,(H,28,31). The zero-order valence-electron chi connectivity index (χ0n) is 19.2. The van der Waals surface area contributed by atoms with Crippen LogP contribution in [0.4, 0.5) is 5.69 Å². The third-order valence-electron chi connectivity index (χ3n) is 9.40. The number of fused-ring (bicyclic) bond motifs is 1. The Bertz CT molecular complexity index is 808. The first-order valence-electron chi connectivity index (χ1n) is 13.0. The molecule has 4 heteroatoms. The molecule has 4 nitrogen and oxygen atoms in total. The van der Waals surface area contributed by atoms with Gasteiger partial charge in [0.15, 0.2) is 0 Å². The minimum absolute atomic E-state index is 0.0388. The molecule has 4 bridgehead atoms. The highest BCUT2D eigenvalue weighted by Crippen LogP contribution is 2.60. The molecule has 1 aromatic rings. The third kappa shape index (κ3) is 3.59. The third-order valence-corrected chi connectivity index (χ3v) is 9.40. The number of hydrogen-bond acceptors (Lipinski definition) is 3. The van der Waals surface area contributed by atoms with Crippen LogP contribution in [0.5, 0.6) is 0 Å². The summed E-state index contributed by atoms with van der Waals surface area (Å²) < 4.78 is 0. The van der Waals surface area contributed by atoms with Crippen LogP contribution in [0.2, 0.25) is 0 Å². The number of benzene rings is 1. The maximum atomic E-state index is 13.6. The lowest BCUT2D eigenvalue weighted by Gasteiger charge is -2.55. The average Bonchev–Trinajstić information content (AvgIpc) is 3.27. The van der Waals surface area contributed by atoms with E-state index >= 15 is 0 Å². The van der Waals surface area contributed by atoms with Crippen LogP contribution in [0, 0.1) is 23.2 Å². The second-order valence-electron chi connectivity index (χ2n) is 11.6. The lowest BCUT2D eigenvalue weighted by molar-refractivity contribution is -0.146. The summed E-state index contributed by atoms with van der Waals surface area (Å²) in [6, 6.07) is 7.43. The van der Waals surface area contributed by atoms with Crippen LogP contribution in [-0.4, -0.2) is 44.0 Å². The van der Waals surface area contributed by atoms with E-state index in [2.05, 4.69) is 40.4 Å². The quantitative estimate of drug-likeness (QED) is 0.758. The van der Waals surface area contributed by atoms with Crippen molar-refractivity contribution >= 4 is 11.6 Å². The van der Waals surface area contributed by atoms with Crippen LogP contribution >= 0.6 is 0 Å². The molecular weight excluding hydrogens is 382 g/mol. The van der Waals surface area contributed by atoms with E-state index in [-0.39, 0.29) is 5.41 Å². The Morgan fingerprint density at radius 2 is 1.71 bits per heavy atom. The molecule has 4 saturated carbocycles. The number of rotatable bonds is 5. The summed E-state index contributed by atoms with van der Waals surface area (Å²) in [4.78, 5) is 18.6. The molecule has 7 rings (SSSR count). The minimum atomic E-state index is -0.0388. The summed E-state index contributed by atoms with van der Waals surface area (Å²) in [5, 5.41) is 3.51. The molecule has 31 heavy (non-hydrogen) atoms. The number of nitrogens with one attached hydrogen (secondary N) is 1. The van der Waals surface area contributed by atoms with Crippen molar-refractivity contribution in [3.8, 4) is 0 Å². The van der Waals surface area contributed by atoms with E-state index in [9.17, 15) is 4.79 Å². The predicted molar refractivity (Wildman–Crippen MR) is 125 cm³/mol. The Morgan fingerprint density at radius 3 is 2.39 bits per heavy atom. The number of carbonyl (C=O) groups excluding carboxylic acids is 1. The van der Waals surface area contributed by atoms with Crippen molar-refractivity contribution in [2.75, 3.05) is 38.1 Å². The van der Waals surface area contributed by atoms with E-state index in [4.69, 9.17) is 0 Å². The lowest BCUT2D eigenvalue weighted by Crippen LogP contribution is -2.54. The zero-order chi connectivity index (χ0) is 21.0. The van der Waals surface area contributed by atoms with E-state index < -0.39 is 0 Å². The second kappa shape index (κ2) is 7.79. The maximum Gasteiger partial charge on any atom is 0.226 e. The van der Waals surface area contributed by atoms with Crippen molar-refractivity contribution in [1.29, 1.82) is 0 Å². The minimum Gasteiger partial charge on any atom is -0.374 e. The Balaban J connectivity index is 1.21. The molecular formula is C27H39N3O. The van der Waals surface area contributed by atoms with Crippen molar-refractivity contribution in [3.63, 3.8) is 0 Å². The van der Waals surface area contributed by atoms with E-state index in [0.29, 0.717) is 11.9 Å². The monoisotopic (exact) mass is 421 g/mol. The van der Waals surface area contributed by atoms with Crippen molar-refractivity contribution in [3.05, 3.63) is 29.3 Å². The molecule has 4 aliphatic carbocycles. The van der Waals surface area contributed by atoms with Gasteiger partial charge in [-0.25, -0.2) is 0 Å². The van der Waals surface area contributed by atoms with Gasteiger partial charge in [0.1, 0.15) is 0 Å². The predicted octanol–water partition coefficient (Wildman–Crippen LogP) is 4.54. The molecule has 1 unspecified atom stereocenters. The molecule has 0 aromatic heterocycles. The van der Waals surface area contributed by atoms with Crippen LogP contribution in [0.25, 0.3) is 0 Å². The Kier molecular flexibility index (Phi) is 5.05. The van der Waals surface area contributed by atoms with Crippen molar-refractivity contribution in [2.45, 2.75) is 70.3 Å². The van der Waals surface area contributed by atoms with Crippen LogP contribution in [0.3, 0.4) is 0 Å². The molecule has 1 N–H and O–H groups in total. The summed E-state index contributed by atoms with van der Waals surface area (Å²) in [6.45, 7) is 4.25. The van der Waals surface area contributed by atoms with Crippen LogP contribution in [0.1, 0.15) is 75.0 Å². The Morgan fingerprint density at radius 1 is 1.03 bits per heavy atom. The molecule has 2 aliphatic heterocycles. The Hall–Kier alpha value is -1.55. The van der Waals surface area contributed by atoms with E-state index in [1.807, 2.05) is 0 Å². The van der Waals surface area contributed by atoms with E-state index in [0.717, 1.165) is 63.2 Å². The first-order chi connectivity index (χ1) is 15.1. The highest BCUT2D eigenvalue weighted by molar-refractivity contribution is 5.83. The van der Waals surface area contributed by atoms with Gasteiger partial charge in [0.2, 0.25) is 5.91 Å². The highest BCUT2D eigenvalue weighted by Gasteiger charge is 2.54. The van der Waals surface area contributed by atoms with Gasteiger partial charge in [0, 0.05) is 31.2 Å². The number of hydrogen-bond donors (Lipinski definition) is 1. The van der Waals surface area contributed by atoms with Crippen molar-refractivity contribution < 1.29 is 4.79 Å². The molecule has 5 fully saturated rings. The molecule has 1 aromatic carbocycles. The lowest BCUT2D eigenvalue weighted by atomic mass is 9.49. The van der Waals surface area contributed by atoms with Gasteiger partial charge in [-0.3, -0.25) is 9.69 Å². The topological polar surface area (TPSA) is 35.6 Å². The van der Waals surface area contributed by atoms with Gasteiger partial charge >= 0.3 is 0 Å². The molecule has 1 amide bonds. The van der Waals surface area contributed by atoms with Crippen LogP contribution < -0.4 is 10.2 Å². The molecule has 0 spiro atoms. The summed E-state index contributed by atoms with van der Waals surface area (Å²) in [7, 11) is 2.21. The average molecular weight is 422 g/mol. The first kappa shape index (κ1) is 20.1. The molecule has 6 aliphatic rings. The number of likely N-dealkylation sites (tertiary alicyclic amines) is 1. The van der Waals surface area contributed by atoms with E-state index in [1.54, 1.807) is 0 Å². The second-order valence-corrected chi connectivity index (χ2v) is 11.6. The van der Waals surface area contributed by atoms with Gasteiger partial charge in [0.05, 0.1) is 6.04 Å². The van der Waals surface area contributed by atoms with Crippen LogP contribution in [-0.2, 0) is 11.2 Å². The van der Waals surface area contributed by atoms with Gasteiger partial charge in [-0.05, 0) is 112 Å². The largest absolute Gasteiger partial charge is 0.374 e. The normalized spacial score (nSPS) is 35.3. The van der Waals surface area contributed by atoms with Gasteiger partial charge in [-0.1, -0.05) is 12.1 Å². The first-order valence-corrected chi connectivity index (χ1v) is 13.0. The number of anilines is 1.